The number of hydrogen-bond donors (Lipinski definition) is 1. The van der Waals surface area contributed by atoms with Crippen molar-refractivity contribution >= 4 is 28.2 Å². The van der Waals surface area contributed by atoms with Crippen LogP contribution in [0.2, 0.25) is 0 Å². The molecule has 1 aliphatic heterocycles. The molecule has 2 fully saturated rings. The van der Waals surface area contributed by atoms with Gasteiger partial charge in [0.1, 0.15) is 5.82 Å². The molecule has 2 aromatic heterocycles. The van der Waals surface area contributed by atoms with Gasteiger partial charge in [-0.3, -0.25) is 4.79 Å². The van der Waals surface area contributed by atoms with Crippen LogP contribution in [0.1, 0.15) is 67.9 Å². The van der Waals surface area contributed by atoms with Gasteiger partial charge in [-0.2, -0.15) is 0 Å². The van der Waals surface area contributed by atoms with Gasteiger partial charge in [0.15, 0.2) is 5.13 Å². The Hall–Kier alpha value is -1.95. The summed E-state index contributed by atoms with van der Waals surface area (Å²) in [6, 6.07) is 6.16. The molecular formula is C22H30N4OS. The topological polar surface area (TPSA) is 58.1 Å². The van der Waals surface area contributed by atoms with Crippen molar-refractivity contribution in [2.75, 3.05) is 18.4 Å². The molecule has 6 heteroatoms. The lowest BCUT2D eigenvalue weighted by Crippen LogP contribution is -2.39. The van der Waals surface area contributed by atoms with Crippen LogP contribution in [0, 0.1) is 12.8 Å². The SMILES string of the molecule is Cc1cnc(Nc2cccc(C3CCN(C(=O)CC4CCCCC4)CC3)n2)s1. The number of carbonyl (C=O) groups excluding carboxylic acids is 1. The van der Waals surface area contributed by atoms with E-state index in [0.717, 1.165) is 49.0 Å². The van der Waals surface area contributed by atoms with Crippen molar-refractivity contribution in [3.8, 4) is 0 Å². The second kappa shape index (κ2) is 9.03. The maximum Gasteiger partial charge on any atom is 0.222 e. The fraction of sp³-hybridized carbons (Fsp3) is 0.591. The Bertz CT molecular complexity index is 791. The molecular weight excluding hydrogens is 368 g/mol. The monoisotopic (exact) mass is 398 g/mol. The molecule has 1 N–H and O–H groups in total. The van der Waals surface area contributed by atoms with Gasteiger partial charge in [-0.1, -0.05) is 25.3 Å². The molecule has 5 nitrogen and oxygen atoms in total. The Labute approximate surface area is 171 Å². The van der Waals surface area contributed by atoms with Crippen molar-refractivity contribution in [2.45, 2.75) is 64.2 Å². The number of aryl methyl sites for hydroxylation is 1. The van der Waals surface area contributed by atoms with Crippen LogP contribution in [0.3, 0.4) is 0 Å². The number of likely N-dealkylation sites (tertiary alicyclic amines) is 1. The van der Waals surface area contributed by atoms with Gasteiger partial charge in [-0.15, -0.1) is 11.3 Å². The lowest BCUT2D eigenvalue weighted by atomic mass is 9.86. The van der Waals surface area contributed by atoms with Crippen LogP contribution in [0.5, 0.6) is 0 Å². The maximum atomic E-state index is 12.7. The van der Waals surface area contributed by atoms with Crippen molar-refractivity contribution < 1.29 is 4.79 Å². The molecule has 4 rings (SSSR count). The highest BCUT2D eigenvalue weighted by molar-refractivity contribution is 7.15. The summed E-state index contributed by atoms with van der Waals surface area (Å²) in [7, 11) is 0. The molecule has 1 amide bonds. The van der Waals surface area contributed by atoms with Gasteiger partial charge in [0.25, 0.3) is 0 Å². The lowest BCUT2D eigenvalue weighted by Gasteiger charge is -2.33. The molecule has 0 spiro atoms. The highest BCUT2D eigenvalue weighted by Gasteiger charge is 2.26. The number of hydrogen-bond acceptors (Lipinski definition) is 5. The number of nitrogens with one attached hydrogen (secondary N) is 1. The Kier molecular flexibility index (Phi) is 6.25. The van der Waals surface area contributed by atoms with E-state index < -0.39 is 0 Å². The van der Waals surface area contributed by atoms with Crippen molar-refractivity contribution in [3.05, 3.63) is 35.0 Å². The number of aromatic nitrogens is 2. The molecule has 28 heavy (non-hydrogen) atoms. The molecule has 2 aromatic rings. The van der Waals surface area contributed by atoms with Crippen LogP contribution in [0.25, 0.3) is 0 Å². The Morgan fingerprint density at radius 1 is 1.18 bits per heavy atom. The summed E-state index contributed by atoms with van der Waals surface area (Å²) in [6.45, 7) is 3.78. The van der Waals surface area contributed by atoms with Crippen LogP contribution in [-0.4, -0.2) is 33.9 Å². The molecule has 0 atom stereocenters. The summed E-state index contributed by atoms with van der Waals surface area (Å²) >= 11 is 1.64. The summed E-state index contributed by atoms with van der Waals surface area (Å²) in [5, 5.41) is 4.19. The zero-order valence-corrected chi connectivity index (χ0v) is 17.5. The molecule has 1 aliphatic carbocycles. The first-order valence-electron chi connectivity index (χ1n) is 10.6. The van der Waals surface area contributed by atoms with Crippen molar-refractivity contribution in [1.82, 2.24) is 14.9 Å². The molecule has 1 saturated heterocycles. The fourth-order valence-corrected chi connectivity index (χ4v) is 5.13. The molecule has 0 bridgehead atoms. The zero-order chi connectivity index (χ0) is 19.3. The summed E-state index contributed by atoms with van der Waals surface area (Å²) in [5.41, 5.74) is 1.12. The van der Waals surface area contributed by atoms with Gasteiger partial charge < -0.3 is 10.2 Å². The average Bonchev–Trinajstić information content (AvgIpc) is 3.13. The molecule has 0 radical (unpaired) electrons. The van der Waals surface area contributed by atoms with Gasteiger partial charge >= 0.3 is 0 Å². The van der Waals surface area contributed by atoms with E-state index in [4.69, 9.17) is 4.98 Å². The Balaban J connectivity index is 1.30. The van der Waals surface area contributed by atoms with Crippen LogP contribution in [0.15, 0.2) is 24.4 Å². The van der Waals surface area contributed by atoms with Crippen molar-refractivity contribution in [2.24, 2.45) is 5.92 Å². The van der Waals surface area contributed by atoms with E-state index >= 15 is 0 Å². The van der Waals surface area contributed by atoms with E-state index in [0.29, 0.717) is 17.7 Å². The van der Waals surface area contributed by atoms with E-state index in [1.807, 2.05) is 12.3 Å². The largest absolute Gasteiger partial charge is 0.343 e. The van der Waals surface area contributed by atoms with Gasteiger partial charge in [-0.25, -0.2) is 9.97 Å². The Morgan fingerprint density at radius 3 is 2.68 bits per heavy atom. The number of carbonyl (C=O) groups is 1. The molecule has 2 aliphatic rings. The number of nitrogens with zero attached hydrogens (tertiary/aromatic N) is 3. The van der Waals surface area contributed by atoms with Crippen LogP contribution in [-0.2, 0) is 4.79 Å². The summed E-state index contributed by atoms with van der Waals surface area (Å²) in [6.07, 6.45) is 11.1. The highest BCUT2D eigenvalue weighted by Crippen LogP contribution is 2.31. The zero-order valence-electron chi connectivity index (χ0n) is 16.7. The Morgan fingerprint density at radius 2 is 1.96 bits per heavy atom. The number of piperidine rings is 1. The van der Waals surface area contributed by atoms with E-state index in [-0.39, 0.29) is 0 Å². The molecule has 150 valence electrons. The number of anilines is 2. The van der Waals surface area contributed by atoms with Gasteiger partial charge in [-0.05, 0) is 50.7 Å². The number of pyridine rings is 1. The van der Waals surface area contributed by atoms with Crippen LogP contribution < -0.4 is 5.32 Å². The third-order valence-corrected chi connectivity index (χ3v) is 6.91. The summed E-state index contributed by atoms with van der Waals surface area (Å²) in [4.78, 5) is 25.1. The van der Waals surface area contributed by atoms with Crippen molar-refractivity contribution in [1.29, 1.82) is 0 Å². The standard InChI is InChI=1S/C22H30N4OS/c1-16-15-23-22(28-16)25-20-9-5-8-19(24-20)18-10-12-26(13-11-18)21(27)14-17-6-3-2-4-7-17/h5,8-9,15,17-18H,2-4,6-7,10-14H2,1H3,(H,23,24,25). The van der Waals surface area contributed by atoms with Crippen LogP contribution in [0.4, 0.5) is 10.9 Å². The normalized spacial score (nSPS) is 19.0. The minimum atomic E-state index is 0.368. The number of amides is 1. The van der Waals surface area contributed by atoms with Crippen LogP contribution >= 0.6 is 11.3 Å². The quantitative estimate of drug-likeness (QED) is 0.746. The molecule has 0 aromatic carbocycles. The smallest absolute Gasteiger partial charge is 0.222 e. The highest BCUT2D eigenvalue weighted by atomic mass is 32.1. The predicted octanol–water partition coefficient (Wildman–Crippen LogP) is 5.27. The van der Waals surface area contributed by atoms with E-state index in [9.17, 15) is 4.79 Å². The van der Waals surface area contributed by atoms with Gasteiger partial charge in [0, 0.05) is 42.2 Å². The van der Waals surface area contributed by atoms with Gasteiger partial charge in [0.2, 0.25) is 5.91 Å². The predicted molar refractivity (Wildman–Crippen MR) is 114 cm³/mol. The first kappa shape index (κ1) is 19.4. The fourth-order valence-electron chi connectivity index (χ4n) is 4.46. The first-order valence-corrected chi connectivity index (χ1v) is 11.4. The average molecular weight is 399 g/mol. The molecule has 3 heterocycles. The molecule has 0 unspecified atom stereocenters. The third kappa shape index (κ3) is 4.90. The summed E-state index contributed by atoms with van der Waals surface area (Å²) in [5.74, 6) is 2.27. The maximum absolute atomic E-state index is 12.7. The number of rotatable bonds is 5. The van der Waals surface area contributed by atoms with Gasteiger partial charge in [0.05, 0.1) is 0 Å². The third-order valence-electron chi connectivity index (χ3n) is 6.08. The molecule has 1 saturated carbocycles. The van der Waals surface area contributed by atoms with E-state index in [2.05, 4.69) is 34.3 Å². The van der Waals surface area contributed by atoms with Crippen molar-refractivity contribution in [3.63, 3.8) is 0 Å². The minimum Gasteiger partial charge on any atom is -0.343 e. The summed E-state index contributed by atoms with van der Waals surface area (Å²) < 4.78 is 0. The minimum absolute atomic E-state index is 0.368. The van der Waals surface area contributed by atoms with E-state index in [1.165, 1.54) is 37.0 Å². The second-order valence-corrected chi connectivity index (χ2v) is 9.45. The first-order chi connectivity index (χ1) is 13.7. The lowest BCUT2D eigenvalue weighted by molar-refractivity contribution is -0.133. The second-order valence-electron chi connectivity index (χ2n) is 8.21. The van der Waals surface area contributed by atoms with E-state index in [1.54, 1.807) is 11.3 Å². The number of thiazole rings is 1.